The molecule has 0 aromatic carbocycles. The van der Waals surface area contributed by atoms with Crippen molar-refractivity contribution in [3.8, 4) is 0 Å². The molecule has 0 saturated heterocycles. The number of hydrogen-bond acceptors (Lipinski definition) is 5. The van der Waals surface area contributed by atoms with Crippen molar-refractivity contribution in [3.05, 3.63) is 53.1 Å². The normalized spacial score (nSPS) is 12.1. The summed E-state index contributed by atoms with van der Waals surface area (Å²) in [5.41, 5.74) is 9.00. The fourth-order valence-electron chi connectivity index (χ4n) is 2.48. The van der Waals surface area contributed by atoms with E-state index < -0.39 is 5.54 Å². The molecule has 0 spiro atoms. The lowest BCUT2D eigenvalue weighted by Gasteiger charge is -2.20. The van der Waals surface area contributed by atoms with Crippen molar-refractivity contribution in [2.45, 2.75) is 39.7 Å². The molecule has 0 saturated carbocycles. The molecule has 0 fully saturated rings. The van der Waals surface area contributed by atoms with Crippen LogP contribution in [0.1, 0.15) is 48.1 Å². The number of carbonyl (C=O) groups is 1. The molecule has 0 unspecified atom stereocenters. The average molecular weight is 372 g/mol. The number of aryl methyl sites for hydroxylation is 2. The van der Waals surface area contributed by atoms with Gasteiger partial charge in [-0.1, -0.05) is 24.8 Å². The number of nitrogens with two attached hydrogens (primary N) is 1. The minimum absolute atomic E-state index is 0.243. The Kier molecular flexibility index (Phi) is 6.37. The Labute approximate surface area is 158 Å². The van der Waals surface area contributed by atoms with Crippen LogP contribution in [0, 0.1) is 6.92 Å². The number of nitrogens with zero attached hydrogens (tertiary/aromatic N) is 3. The minimum atomic E-state index is -0.592. The number of aliphatic imine (C=N–C) groups is 1. The number of amidine groups is 1. The number of carbonyl (C=O) groups excluding carboxylic acids is 1. The molecular weight excluding hydrogens is 346 g/mol. The molecular formula is C19H25N5OS. The van der Waals surface area contributed by atoms with Crippen LogP contribution >= 0.6 is 11.8 Å². The van der Waals surface area contributed by atoms with Crippen LogP contribution in [-0.2, 0) is 12.0 Å². The highest BCUT2D eigenvalue weighted by Gasteiger charge is 2.22. The van der Waals surface area contributed by atoms with Gasteiger partial charge < -0.3 is 11.1 Å². The highest BCUT2D eigenvalue weighted by molar-refractivity contribution is 8.13. The predicted octanol–water partition coefficient (Wildman–Crippen LogP) is 3.51. The van der Waals surface area contributed by atoms with Crippen molar-refractivity contribution >= 4 is 28.5 Å². The second-order valence-corrected chi connectivity index (χ2v) is 7.29. The third kappa shape index (κ3) is 4.82. The quantitative estimate of drug-likeness (QED) is 0.620. The maximum absolute atomic E-state index is 12.6. The Morgan fingerprint density at radius 1 is 1.35 bits per heavy atom. The van der Waals surface area contributed by atoms with Gasteiger partial charge in [0.15, 0.2) is 5.17 Å². The standard InChI is InChI=1S/C19H25N5OS/c1-6-13-9-12(2)16(22-11-13)17(25)23-14-7-8-21-15(10-14)19(3,4)24-18(20)26-5/h7-11H,6H2,1-5H3,(H2,20,24)(H,21,23,25). The van der Waals surface area contributed by atoms with E-state index in [0.717, 1.165) is 23.2 Å². The summed E-state index contributed by atoms with van der Waals surface area (Å²) < 4.78 is 0. The van der Waals surface area contributed by atoms with E-state index in [1.54, 1.807) is 18.5 Å². The van der Waals surface area contributed by atoms with Gasteiger partial charge in [0.2, 0.25) is 0 Å². The zero-order chi connectivity index (χ0) is 19.3. The number of hydrogen-bond donors (Lipinski definition) is 2. The fourth-order valence-corrected chi connectivity index (χ4v) is 2.80. The van der Waals surface area contributed by atoms with Crippen molar-refractivity contribution < 1.29 is 4.79 Å². The summed E-state index contributed by atoms with van der Waals surface area (Å²) in [6.45, 7) is 7.81. The lowest BCUT2D eigenvalue weighted by atomic mass is 10.0. The molecule has 3 N–H and O–H groups in total. The van der Waals surface area contributed by atoms with E-state index in [1.807, 2.05) is 39.2 Å². The number of pyridine rings is 2. The van der Waals surface area contributed by atoms with Crippen molar-refractivity contribution in [2.24, 2.45) is 10.7 Å². The summed E-state index contributed by atoms with van der Waals surface area (Å²) in [4.78, 5) is 25.7. The van der Waals surface area contributed by atoms with Gasteiger partial charge in [-0.3, -0.25) is 19.8 Å². The predicted molar refractivity (Wildman–Crippen MR) is 109 cm³/mol. The first-order valence-electron chi connectivity index (χ1n) is 8.39. The average Bonchev–Trinajstić information content (AvgIpc) is 2.61. The highest BCUT2D eigenvalue weighted by Crippen LogP contribution is 2.26. The molecule has 0 aliphatic carbocycles. The van der Waals surface area contributed by atoms with E-state index in [2.05, 4.69) is 27.2 Å². The molecule has 0 aliphatic heterocycles. The van der Waals surface area contributed by atoms with Gasteiger partial charge in [-0.05, 0) is 56.7 Å². The third-order valence-corrected chi connectivity index (χ3v) is 4.51. The third-order valence-electron chi connectivity index (χ3n) is 4.00. The molecule has 138 valence electrons. The molecule has 2 aromatic heterocycles. The van der Waals surface area contributed by atoms with Crippen LogP contribution in [0.15, 0.2) is 35.6 Å². The number of nitrogens with one attached hydrogen (secondary N) is 1. The second-order valence-electron chi connectivity index (χ2n) is 6.46. The van der Waals surface area contributed by atoms with Crippen LogP contribution in [0.5, 0.6) is 0 Å². The summed E-state index contributed by atoms with van der Waals surface area (Å²) in [6.07, 6.45) is 6.15. The maximum Gasteiger partial charge on any atom is 0.274 e. The first-order valence-corrected chi connectivity index (χ1v) is 9.62. The molecule has 0 radical (unpaired) electrons. The summed E-state index contributed by atoms with van der Waals surface area (Å²) in [7, 11) is 0. The topological polar surface area (TPSA) is 93.3 Å². The van der Waals surface area contributed by atoms with Crippen molar-refractivity contribution in [1.82, 2.24) is 9.97 Å². The van der Waals surface area contributed by atoms with Gasteiger partial charge in [0, 0.05) is 18.1 Å². The van der Waals surface area contributed by atoms with Gasteiger partial charge in [0.1, 0.15) is 5.69 Å². The zero-order valence-electron chi connectivity index (χ0n) is 15.8. The van der Waals surface area contributed by atoms with Gasteiger partial charge in [-0.15, -0.1) is 0 Å². The van der Waals surface area contributed by atoms with Crippen LogP contribution in [0.4, 0.5) is 5.69 Å². The number of anilines is 1. The molecule has 2 heterocycles. The van der Waals surface area contributed by atoms with Crippen LogP contribution < -0.4 is 11.1 Å². The first kappa shape index (κ1) is 19.9. The van der Waals surface area contributed by atoms with E-state index >= 15 is 0 Å². The zero-order valence-corrected chi connectivity index (χ0v) is 16.6. The number of aromatic nitrogens is 2. The van der Waals surface area contributed by atoms with Crippen molar-refractivity contribution in [1.29, 1.82) is 0 Å². The summed E-state index contributed by atoms with van der Waals surface area (Å²) in [6, 6.07) is 5.54. The van der Waals surface area contributed by atoms with E-state index in [4.69, 9.17) is 5.73 Å². The Balaban J connectivity index is 2.24. The molecule has 0 aliphatic rings. The Morgan fingerprint density at radius 2 is 2.08 bits per heavy atom. The monoisotopic (exact) mass is 371 g/mol. The molecule has 26 heavy (non-hydrogen) atoms. The molecule has 6 nitrogen and oxygen atoms in total. The van der Waals surface area contributed by atoms with Gasteiger partial charge in [-0.25, -0.2) is 0 Å². The first-order chi connectivity index (χ1) is 12.3. The Bertz CT molecular complexity index is 832. The maximum atomic E-state index is 12.6. The minimum Gasteiger partial charge on any atom is -0.379 e. The molecule has 0 atom stereocenters. The van der Waals surface area contributed by atoms with Gasteiger partial charge >= 0.3 is 0 Å². The Hall–Kier alpha value is -2.41. The lowest BCUT2D eigenvalue weighted by Crippen LogP contribution is -2.22. The largest absolute Gasteiger partial charge is 0.379 e. The lowest BCUT2D eigenvalue weighted by molar-refractivity contribution is 0.102. The smallest absolute Gasteiger partial charge is 0.274 e. The number of thioether (sulfide) groups is 1. The SMILES string of the molecule is CCc1cnc(C(=O)Nc2ccnc(C(C)(C)N=C(N)SC)c2)c(C)c1. The number of rotatable bonds is 5. The van der Waals surface area contributed by atoms with Crippen LogP contribution in [-0.4, -0.2) is 27.3 Å². The molecule has 1 amide bonds. The molecule has 2 rings (SSSR count). The van der Waals surface area contributed by atoms with Gasteiger partial charge in [0.25, 0.3) is 5.91 Å². The van der Waals surface area contributed by atoms with E-state index in [0.29, 0.717) is 16.5 Å². The second kappa shape index (κ2) is 8.31. The van der Waals surface area contributed by atoms with Crippen LogP contribution in [0.2, 0.25) is 0 Å². The summed E-state index contributed by atoms with van der Waals surface area (Å²) in [5.74, 6) is -0.243. The Morgan fingerprint density at radius 3 is 2.69 bits per heavy atom. The fraction of sp³-hybridized carbons (Fsp3) is 0.368. The van der Waals surface area contributed by atoms with Crippen LogP contribution in [0.25, 0.3) is 0 Å². The van der Waals surface area contributed by atoms with Crippen LogP contribution in [0.3, 0.4) is 0 Å². The molecule has 0 bridgehead atoms. The van der Waals surface area contributed by atoms with E-state index in [1.165, 1.54) is 11.8 Å². The summed E-state index contributed by atoms with van der Waals surface area (Å²) >= 11 is 1.38. The van der Waals surface area contributed by atoms with Gasteiger partial charge in [0.05, 0.1) is 11.2 Å². The highest BCUT2D eigenvalue weighted by atomic mass is 32.2. The summed E-state index contributed by atoms with van der Waals surface area (Å²) in [5, 5.41) is 3.38. The molecule has 7 heteroatoms. The molecule has 2 aromatic rings. The van der Waals surface area contributed by atoms with E-state index in [-0.39, 0.29) is 5.91 Å². The van der Waals surface area contributed by atoms with Gasteiger partial charge in [-0.2, -0.15) is 0 Å². The number of amides is 1. The van der Waals surface area contributed by atoms with Crippen molar-refractivity contribution in [2.75, 3.05) is 11.6 Å². The van der Waals surface area contributed by atoms with Crippen molar-refractivity contribution in [3.63, 3.8) is 0 Å². The van der Waals surface area contributed by atoms with E-state index in [9.17, 15) is 4.79 Å².